The zero-order valence-electron chi connectivity index (χ0n) is 16.9. The van der Waals surface area contributed by atoms with Crippen LogP contribution in [0.4, 0.5) is 5.69 Å². The molecule has 0 unspecified atom stereocenters. The first-order valence-corrected chi connectivity index (χ1v) is 10.0. The van der Waals surface area contributed by atoms with E-state index in [-0.39, 0.29) is 29.0 Å². The second-order valence-electron chi connectivity index (χ2n) is 8.49. The number of anilines is 1. The molecule has 1 saturated carbocycles. The summed E-state index contributed by atoms with van der Waals surface area (Å²) in [7, 11) is 0. The van der Waals surface area contributed by atoms with Gasteiger partial charge in [0, 0.05) is 23.5 Å². The van der Waals surface area contributed by atoms with Crippen molar-refractivity contribution >= 4 is 17.5 Å². The predicted octanol–water partition coefficient (Wildman–Crippen LogP) is 4.69. The second-order valence-corrected chi connectivity index (χ2v) is 8.49. The van der Waals surface area contributed by atoms with E-state index >= 15 is 0 Å². The van der Waals surface area contributed by atoms with Gasteiger partial charge in [-0.25, -0.2) is 0 Å². The van der Waals surface area contributed by atoms with Crippen LogP contribution < -0.4 is 10.6 Å². The molecule has 5 nitrogen and oxygen atoms in total. The molecular weight excluding hydrogens is 350 g/mol. The molecule has 0 saturated heterocycles. The molecule has 148 valence electrons. The molecule has 2 aromatic rings. The summed E-state index contributed by atoms with van der Waals surface area (Å²) in [5.74, 6) is -0.456. The smallest absolute Gasteiger partial charge is 0.270 e. The number of amides is 2. The van der Waals surface area contributed by atoms with Gasteiger partial charge < -0.3 is 10.6 Å². The Morgan fingerprint density at radius 2 is 1.71 bits per heavy atom. The van der Waals surface area contributed by atoms with Gasteiger partial charge in [0.2, 0.25) is 0 Å². The molecule has 0 spiro atoms. The first-order chi connectivity index (χ1) is 13.3. The molecule has 1 aliphatic carbocycles. The number of rotatable bonds is 4. The maximum Gasteiger partial charge on any atom is 0.270 e. The molecule has 0 radical (unpaired) electrons. The predicted molar refractivity (Wildman–Crippen MR) is 112 cm³/mol. The molecule has 0 bridgehead atoms. The van der Waals surface area contributed by atoms with Crippen LogP contribution in [0.25, 0.3) is 0 Å². The summed E-state index contributed by atoms with van der Waals surface area (Å²) in [6.45, 7) is 6.33. The lowest BCUT2D eigenvalue weighted by Crippen LogP contribution is -2.36. The summed E-state index contributed by atoms with van der Waals surface area (Å²) in [4.78, 5) is 29.5. The normalized spacial score (nSPS) is 15.1. The van der Waals surface area contributed by atoms with Crippen LogP contribution in [0.15, 0.2) is 42.6 Å². The molecule has 0 aliphatic heterocycles. The molecule has 28 heavy (non-hydrogen) atoms. The molecule has 0 atom stereocenters. The lowest BCUT2D eigenvalue weighted by molar-refractivity contribution is 0.0922. The minimum atomic E-state index is -0.245. The van der Waals surface area contributed by atoms with Gasteiger partial charge in [0.1, 0.15) is 5.69 Å². The van der Waals surface area contributed by atoms with Crippen molar-refractivity contribution in [3.63, 3.8) is 0 Å². The fourth-order valence-corrected chi connectivity index (χ4v) is 3.64. The third-order valence-electron chi connectivity index (χ3n) is 5.18. The number of pyridine rings is 1. The monoisotopic (exact) mass is 379 g/mol. The highest BCUT2D eigenvalue weighted by atomic mass is 16.2. The number of hydrogen-bond donors (Lipinski definition) is 2. The van der Waals surface area contributed by atoms with Gasteiger partial charge in [0.15, 0.2) is 0 Å². The largest absolute Gasteiger partial charge is 0.348 e. The molecule has 1 aromatic carbocycles. The van der Waals surface area contributed by atoms with Gasteiger partial charge in [-0.2, -0.15) is 0 Å². The van der Waals surface area contributed by atoms with Crippen LogP contribution in [0.1, 0.15) is 79.3 Å². The van der Waals surface area contributed by atoms with E-state index < -0.39 is 0 Å². The quantitative estimate of drug-likeness (QED) is 0.809. The first kappa shape index (κ1) is 20.1. The van der Waals surface area contributed by atoms with E-state index in [1.807, 2.05) is 24.3 Å². The highest BCUT2D eigenvalue weighted by molar-refractivity contribution is 6.06. The Morgan fingerprint density at radius 1 is 1.00 bits per heavy atom. The van der Waals surface area contributed by atoms with Gasteiger partial charge in [-0.05, 0) is 42.0 Å². The summed E-state index contributed by atoms with van der Waals surface area (Å²) in [5.41, 5.74) is 2.46. The van der Waals surface area contributed by atoms with E-state index in [0.29, 0.717) is 5.56 Å². The zero-order chi connectivity index (χ0) is 20.1. The van der Waals surface area contributed by atoms with E-state index in [4.69, 9.17) is 0 Å². The summed E-state index contributed by atoms with van der Waals surface area (Å²) >= 11 is 0. The molecule has 5 heteroatoms. The highest BCUT2D eigenvalue weighted by Crippen LogP contribution is 2.29. The molecule has 1 heterocycles. The van der Waals surface area contributed by atoms with Crippen LogP contribution in [0.2, 0.25) is 0 Å². The van der Waals surface area contributed by atoms with Crippen molar-refractivity contribution in [2.45, 2.75) is 64.3 Å². The first-order valence-electron chi connectivity index (χ1n) is 10.0. The Balaban J connectivity index is 1.73. The minimum absolute atomic E-state index is 0.0901. The number of nitrogens with zero attached hydrogens (tertiary/aromatic N) is 1. The van der Waals surface area contributed by atoms with Crippen molar-refractivity contribution in [1.29, 1.82) is 0 Å². The Labute approximate surface area is 167 Å². The van der Waals surface area contributed by atoms with Gasteiger partial charge >= 0.3 is 0 Å². The van der Waals surface area contributed by atoms with E-state index in [1.165, 1.54) is 12.6 Å². The van der Waals surface area contributed by atoms with Crippen LogP contribution in [-0.2, 0) is 5.41 Å². The van der Waals surface area contributed by atoms with Crippen molar-refractivity contribution < 1.29 is 9.59 Å². The fourth-order valence-electron chi connectivity index (χ4n) is 3.64. The zero-order valence-corrected chi connectivity index (χ0v) is 16.9. The Morgan fingerprint density at radius 3 is 2.43 bits per heavy atom. The molecule has 1 aromatic heterocycles. The molecule has 1 fully saturated rings. The topological polar surface area (TPSA) is 71.1 Å². The number of carbonyl (C=O) groups excluding carboxylic acids is 2. The van der Waals surface area contributed by atoms with Crippen molar-refractivity contribution in [2.24, 2.45) is 0 Å². The van der Waals surface area contributed by atoms with Gasteiger partial charge in [-0.15, -0.1) is 0 Å². The fraction of sp³-hybridized carbons (Fsp3) is 0.435. The average molecular weight is 380 g/mol. The molecule has 1 aliphatic rings. The van der Waals surface area contributed by atoms with E-state index in [9.17, 15) is 9.59 Å². The van der Waals surface area contributed by atoms with Crippen LogP contribution in [-0.4, -0.2) is 22.8 Å². The van der Waals surface area contributed by atoms with E-state index in [1.54, 1.807) is 12.1 Å². The molecule has 2 N–H and O–H groups in total. The third kappa shape index (κ3) is 4.97. The van der Waals surface area contributed by atoms with E-state index in [0.717, 1.165) is 36.9 Å². The summed E-state index contributed by atoms with van der Waals surface area (Å²) in [5, 5.41) is 6.03. The maximum absolute atomic E-state index is 12.8. The van der Waals surface area contributed by atoms with Crippen molar-refractivity contribution in [3.05, 3.63) is 59.4 Å². The van der Waals surface area contributed by atoms with Crippen molar-refractivity contribution in [1.82, 2.24) is 10.3 Å². The van der Waals surface area contributed by atoms with Gasteiger partial charge in [0.25, 0.3) is 11.8 Å². The van der Waals surface area contributed by atoms with Gasteiger partial charge in [-0.1, -0.05) is 58.2 Å². The molecular formula is C23H29N3O2. The number of carbonyl (C=O) groups is 2. The van der Waals surface area contributed by atoms with Crippen LogP contribution in [0.5, 0.6) is 0 Å². The minimum Gasteiger partial charge on any atom is -0.348 e. The molecule has 3 rings (SSSR count). The van der Waals surface area contributed by atoms with Crippen LogP contribution in [0, 0.1) is 0 Å². The Bertz CT molecular complexity index is 849. The number of hydrogen-bond acceptors (Lipinski definition) is 3. The third-order valence-corrected chi connectivity index (χ3v) is 5.18. The van der Waals surface area contributed by atoms with Crippen molar-refractivity contribution in [2.75, 3.05) is 5.32 Å². The summed E-state index contributed by atoms with van der Waals surface area (Å²) < 4.78 is 0. The van der Waals surface area contributed by atoms with Gasteiger partial charge in [0.05, 0.1) is 0 Å². The van der Waals surface area contributed by atoms with Crippen molar-refractivity contribution in [3.8, 4) is 0 Å². The lowest BCUT2D eigenvalue weighted by Gasteiger charge is -2.23. The maximum atomic E-state index is 12.8. The number of benzene rings is 1. The highest BCUT2D eigenvalue weighted by Gasteiger charge is 2.21. The number of para-hydroxylation sites is 1. The Kier molecular flexibility index (Phi) is 6.12. The number of nitrogens with one attached hydrogen (secondary N) is 2. The molecule has 2 amide bonds. The van der Waals surface area contributed by atoms with E-state index in [2.05, 4.69) is 36.4 Å². The van der Waals surface area contributed by atoms with Crippen LogP contribution >= 0.6 is 0 Å². The Hall–Kier alpha value is -2.69. The standard InChI is InChI=1S/C23H29N3O2/c1-23(2,3)18-11-7-8-12-19(18)26-21(27)16-13-14-24-20(15-16)22(28)25-17-9-5-4-6-10-17/h7-8,11-15,17H,4-6,9-10H2,1-3H3,(H,25,28)(H,26,27). The summed E-state index contributed by atoms with van der Waals surface area (Å²) in [6.07, 6.45) is 7.06. The second kappa shape index (κ2) is 8.55. The lowest BCUT2D eigenvalue weighted by atomic mass is 9.86. The summed E-state index contributed by atoms with van der Waals surface area (Å²) in [6, 6.07) is 11.2. The average Bonchev–Trinajstić information content (AvgIpc) is 2.68. The van der Waals surface area contributed by atoms with Crippen LogP contribution in [0.3, 0.4) is 0 Å². The SMILES string of the molecule is CC(C)(C)c1ccccc1NC(=O)c1ccnc(C(=O)NC2CCCCC2)c1. The van der Waals surface area contributed by atoms with Gasteiger partial charge in [-0.3, -0.25) is 14.6 Å². The number of aromatic nitrogens is 1.